The molecule has 3 aliphatic carbocycles. The molecule has 0 aromatic rings. The average molecular weight is 587 g/mol. The number of likely N-dealkylation sites (tertiary alicyclic amines) is 1. The minimum Gasteiger partial charge on any atom is -0.434 e. The molecule has 4 aliphatic rings. The first-order chi connectivity index (χ1) is 19.0. The number of nitrogens with zero attached hydrogens (tertiary/aromatic N) is 1. The summed E-state index contributed by atoms with van der Waals surface area (Å²) in [5.74, 6) is -3.58. The summed E-state index contributed by atoms with van der Waals surface area (Å²) in [5.41, 5.74) is 2.19. The summed E-state index contributed by atoms with van der Waals surface area (Å²) in [5, 5.41) is 5.09. The van der Waals surface area contributed by atoms with Gasteiger partial charge in [0.25, 0.3) is 5.91 Å². The lowest BCUT2D eigenvalue weighted by Gasteiger charge is -2.37. The summed E-state index contributed by atoms with van der Waals surface area (Å²) in [6.07, 6.45) is -0.472. The molecule has 1 heterocycles. The van der Waals surface area contributed by atoms with Crippen molar-refractivity contribution in [3.05, 3.63) is 0 Å². The smallest absolute Gasteiger partial charge is 0.427 e. The van der Waals surface area contributed by atoms with Crippen LogP contribution in [0.15, 0.2) is 0 Å². The minimum atomic E-state index is -4.82. The summed E-state index contributed by atoms with van der Waals surface area (Å²) < 4.78 is 44.8. The fraction of sp³-hybridized carbons (Fsp3) is 0.821. The molecule has 4 amide bonds. The zero-order chi connectivity index (χ0) is 30.5. The highest BCUT2D eigenvalue weighted by Crippen LogP contribution is 2.65. The number of nitrogens with one attached hydrogen (secondary N) is 2. The molecule has 1 aliphatic heterocycles. The van der Waals surface area contributed by atoms with Crippen LogP contribution in [0.5, 0.6) is 0 Å². The molecule has 5 atom stereocenters. The number of ketones is 1. The number of piperidine rings is 1. The first-order valence-corrected chi connectivity index (χ1v) is 14.5. The van der Waals surface area contributed by atoms with E-state index in [1.807, 2.05) is 13.8 Å². The molecular weight excluding hydrogens is 545 g/mol. The highest BCUT2D eigenvalue weighted by atomic mass is 19.4. The van der Waals surface area contributed by atoms with Gasteiger partial charge in [0.2, 0.25) is 23.2 Å². The van der Waals surface area contributed by atoms with Gasteiger partial charge in [-0.25, -0.2) is 4.79 Å². The lowest BCUT2D eigenvalue weighted by Crippen LogP contribution is -2.60. The molecule has 1 saturated heterocycles. The van der Waals surface area contributed by atoms with Gasteiger partial charge in [0.15, 0.2) is 0 Å². The Morgan fingerprint density at radius 2 is 1.61 bits per heavy atom. The zero-order valence-corrected chi connectivity index (χ0v) is 24.0. The molecular formula is C28H41F3N4O6. The highest BCUT2D eigenvalue weighted by molar-refractivity contribution is 6.37. The van der Waals surface area contributed by atoms with Crippen LogP contribution in [0.25, 0.3) is 0 Å². The molecule has 0 aromatic heterocycles. The van der Waals surface area contributed by atoms with Gasteiger partial charge in [0.05, 0.1) is 6.04 Å². The number of primary amides is 1. The lowest BCUT2D eigenvalue weighted by molar-refractivity contribution is -0.244. The number of alkyl carbamates (subject to hydrolysis) is 1. The van der Waals surface area contributed by atoms with E-state index >= 15 is 0 Å². The molecule has 4 N–H and O–H groups in total. The number of ether oxygens (including phenoxy) is 1. The van der Waals surface area contributed by atoms with Gasteiger partial charge in [0.1, 0.15) is 12.1 Å². The van der Waals surface area contributed by atoms with Gasteiger partial charge >= 0.3 is 12.3 Å². The van der Waals surface area contributed by atoms with Crippen molar-refractivity contribution in [3.63, 3.8) is 0 Å². The Bertz CT molecular complexity index is 1080. The van der Waals surface area contributed by atoms with E-state index in [1.165, 1.54) is 4.90 Å². The monoisotopic (exact) mass is 586 g/mol. The van der Waals surface area contributed by atoms with Gasteiger partial charge in [0, 0.05) is 6.54 Å². The second-order valence-corrected chi connectivity index (χ2v) is 13.3. The molecule has 3 saturated carbocycles. The molecule has 0 spiro atoms. The van der Waals surface area contributed by atoms with E-state index in [4.69, 9.17) is 10.5 Å². The number of halogens is 3. The Morgan fingerprint density at radius 1 is 1.00 bits per heavy atom. The number of hydrogen-bond donors (Lipinski definition) is 3. The molecule has 0 aromatic carbocycles. The Hall–Kier alpha value is -2.86. The predicted molar refractivity (Wildman–Crippen MR) is 140 cm³/mol. The molecule has 4 fully saturated rings. The topological polar surface area (TPSA) is 148 Å². The Balaban J connectivity index is 1.56. The van der Waals surface area contributed by atoms with Crippen LogP contribution in [0.2, 0.25) is 0 Å². The SMILES string of the molecule is CC1(C)[C@@H]2[C@@H](C(=O)NC(CC3CC3)C(=O)C(N)=O)N(C(=O)[C@@H](NC(=O)OC(C)(C)C(F)(F)F)C3CCCCC3)C[C@@H]21. The number of rotatable bonds is 10. The molecule has 230 valence electrons. The molecule has 4 rings (SSSR count). The Labute approximate surface area is 237 Å². The van der Waals surface area contributed by atoms with E-state index in [0.717, 1.165) is 46.0 Å². The van der Waals surface area contributed by atoms with Crippen LogP contribution in [-0.2, 0) is 23.9 Å². The number of alkyl halides is 3. The van der Waals surface area contributed by atoms with Gasteiger partial charge in [-0.2, -0.15) is 13.2 Å². The van der Waals surface area contributed by atoms with Crippen LogP contribution in [0.4, 0.5) is 18.0 Å². The highest BCUT2D eigenvalue weighted by Gasteiger charge is 2.70. The summed E-state index contributed by atoms with van der Waals surface area (Å²) >= 11 is 0. The van der Waals surface area contributed by atoms with E-state index in [1.54, 1.807) is 0 Å². The maximum Gasteiger partial charge on any atom is 0.427 e. The van der Waals surface area contributed by atoms with Crippen molar-refractivity contribution in [1.82, 2.24) is 15.5 Å². The first-order valence-electron chi connectivity index (χ1n) is 14.5. The van der Waals surface area contributed by atoms with Crippen molar-refractivity contribution >= 4 is 29.6 Å². The molecule has 10 nitrogen and oxygen atoms in total. The van der Waals surface area contributed by atoms with E-state index in [2.05, 4.69) is 10.6 Å². The van der Waals surface area contributed by atoms with E-state index in [-0.39, 0.29) is 42.1 Å². The minimum absolute atomic E-state index is 0.0148. The lowest BCUT2D eigenvalue weighted by atomic mass is 9.83. The van der Waals surface area contributed by atoms with Crippen LogP contribution in [0, 0.1) is 29.1 Å². The van der Waals surface area contributed by atoms with Gasteiger partial charge in [-0.05, 0) is 62.2 Å². The normalized spacial score (nSPS) is 27.3. The first kappa shape index (κ1) is 31.1. The molecule has 41 heavy (non-hydrogen) atoms. The second kappa shape index (κ2) is 11.1. The standard InChI is InChI=1S/C28H41F3N4O6/c1-26(2)16-13-35(20(18(16)26)23(38)33-17(12-14-10-11-14)21(36)22(32)37)24(39)19(15-8-6-5-7-9-15)34-25(40)41-27(3,4)28(29,30)31/h14-20H,5-13H2,1-4H3,(H2,32,37)(H,33,38)(H,34,40)/t16-,17?,18-,19-,20-/m0/s1. The molecule has 13 heteroatoms. The molecule has 0 bridgehead atoms. The number of carbonyl (C=O) groups excluding carboxylic acids is 5. The number of hydrogen-bond acceptors (Lipinski definition) is 6. The predicted octanol–water partition coefficient (Wildman–Crippen LogP) is 2.82. The van der Waals surface area contributed by atoms with Crippen molar-refractivity contribution in [1.29, 1.82) is 0 Å². The second-order valence-electron chi connectivity index (χ2n) is 13.3. The third-order valence-electron chi connectivity index (χ3n) is 9.59. The van der Waals surface area contributed by atoms with E-state index in [0.29, 0.717) is 12.8 Å². The zero-order valence-electron chi connectivity index (χ0n) is 24.0. The molecule has 1 unspecified atom stereocenters. The van der Waals surface area contributed by atoms with Crippen molar-refractivity contribution in [3.8, 4) is 0 Å². The van der Waals surface area contributed by atoms with Gasteiger partial charge in [-0.15, -0.1) is 0 Å². The third kappa shape index (κ3) is 6.48. The summed E-state index contributed by atoms with van der Waals surface area (Å²) in [6.45, 7) is 5.64. The van der Waals surface area contributed by atoms with E-state index in [9.17, 15) is 37.1 Å². The fourth-order valence-electron chi connectivity index (χ4n) is 6.63. The van der Waals surface area contributed by atoms with Crippen LogP contribution in [-0.4, -0.2) is 70.9 Å². The van der Waals surface area contributed by atoms with Gasteiger partial charge < -0.3 is 26.0 Å². The molecule has 0 radical (unpaired) electrons. The van der Waals surface area contributed by atoms with Crippen LogP contribution >= 0.6 is 0 Å². The van der Waals surface area contributed by atoms with Crippen molar-refractivity contribution in [2.24, 2.45) is 34.8 Å². The summed E-state index contributed by atoms with van der Waals surface area (Å²) in [6, 6.07) is -3.25. The van der Waals surface area contributed by atoms with Gasteiger partial charge in [-0.1, -0.05) is 46.0 Å². The summed E-state index contributed by atoms with van der Waals surface area (Å²) in [7, 11) is 0. The van der Waals surface area contributed by atoms with Crippen LogP contribution < -0.4 is 16.4 Å². The summed E-state index contributed by atoms with van der Waals surface area (Å²) in [4.78, 5) is 66.0. The number of fused-ring (bicyclic) bond motifs is 1. The maximum atomic E-state index is 14.1. The van der Waals surface area contributed by atoms with Gasteiger partial charge in [-0.3, -0.25) is 19.2 Å². The Morgan fingerprint density at radius 3 is 2.15 bits per heavy atom. The van der Waals surface area contributed by atoms with E-state index < -0.39 is 59.5 Å². The average Bonchev–Trinajstić information content (AvgIpc) is 3.73. The number of Topliss-reactive ketones (excluding diaryl/α,β-unsaturated/α-hetero) is 1. The van der Waals surface area contributed by atoms with Crippen molar-refractivity contribution in [2.75, 3.05) is 6.54 Å². The quantitative estimate of drug-likeness (QED) is 0.336. The van der Waals surface area contributed by atoms with Crippen LogP contribution in [0.3, 0.4) is 0 Å². The largest absolute Gasteiger partial charge is 0.434 e. The van der Waals surface area contributed by atoms with Crippen molar-refractivity contribution < 1.29 is 41.9 Å². The maximum absolute atomic E-state index is 14.1. The number of nitrogens with two attached hydrogens (primary N) is 1. The fourth-order valence-corrected chi connectivity index (χ4v) is 6.63. The van der Waals surface area contributed by atoms with Crippen molar-refractivity contribution in [2.45, 2.75) is 109 Å². The number of carbonyl (C=O) groups is 5. The van der Waals surface area contributed by atoms with Crippen LogP contribution in [0.1, 0.15) is 79.1 Å². The number of amides is 4. The Kier molecular flexibility index (Phi) is 8.41. The third-order valence-corrected chi connectivity index (χ3v) is 9.59.